The highest BCUT2D eigenvalue weighted by Crippen LogP contribution is 2.30. The van der Waals surface area contributed by atoms with Crippen LogP contribution < -0.4 is 15.4 Å². The summed E-state index contributed by atoms with van der Waals surface area (Å²) >= 11 is 0. The summed E-state index contributed by atoms with van der Waals surface area (Å²) in [5.41, 5.74) is 8.14. The number of rotatable bonds is 4. The second-order valence-electron chi connectivity index (χ2n) is 5.29. The first-order valence-corrected chi connectivity index (χ1v) is 6.99. The fourth-order valence-electron chi connectivity index (χ4n) is 2.76. The lowest BCUT2D eigenvalue weighted by atomic mass is 10.1. The second-order valence-corrected chi connectivity index (χ2v) is 5.29. The topological polar surface area (TPSA) is 41.7 Å². The molecule has 0 saturated carbocycles. The molecule has 0 amide bonds. The molecule has 1 heterocycles. The van der Waals surface area contributed by atoms with Crippen LogP contribution in [0.1, 0.15) is 12.5 Å². The minimum Gasteiger partial charge on any atom is -0.495 e. The van der Waals surface area contributed by atoms with E-state index in [0.29, 0.717) is 6.04 Å². The van der Waals surface area contributed by atoms with E-state index >= 15 is 0 Å². The molecule has 1 fully saturated rings. The summed E-state index contributed by atoms with van der Waals surface area (Å²) in [6.45, 7) is 9.23. The largest absolute Gasteiger partial charge is 0.495 e. The van der Waals surface area contributed by atoms with Crippen molar-refractivity contribution in [3.8, 4) is 5.75 Å². The molecule has 1 aromatic rings. The predicted octanol–water partition coefficient (Wildman–Crippen LogP) is 1.47. The summed E-state index contributed by atoms with van der Waals surface area (Å²) in [5, 5.41) is 0. The molecule has 0 aromatic heterocycles. The Morgan fingerprint density at radius 3 is 2.79 bits per heavy atom. The van der Waals surface area contributed by atoms with E-state index < -0.39 is 0 Å². The molecule has 2 N–H and O–H groups in total. The molecule has 1 atom stereocenters. The van der Waals surface area contributed by atoms with Crippen LogP contribution in [0.3, 0.4) is 0 Å². The van der Waals surface area contributed by atoms with E-state index in [0.717, 1.165) is 38.5 Å². The van der Waals surface area contributed by atoms with Crippen LogP contribution in [0.15, 0.2) is 18.2 Å². The van der Waals surface area contributed by atoms with Gasteiger partial charge < -0.3 is 15.4 Å². The summed E-state index contributed by atoms with van der Waals surface area (Å²) in [7, 11) is 1.74. The van der Waals surface area contributed by atoms with Crippen molar-refractivity contribution in [3.05, 3.63) is 23.8 Å². The summed E-state index contributed by atoms with van der Waals surface area (Å²) in [6.07, 6.45) is 0. The first-order valence-electron chi connectivity index (χ1n) is 6.99. The number of methoxy groups -OCH3 is 1. The molecule has 2 rings (SSSR count). The third-order valence-corrected chi connectivity index (χ3v) is 3.86. The normalized spacial score (nSPS) is 20.6. The Balaban J connectivity index is 2.13. The zero-order valence-electron chi connectivity index (χ0n) is 12.2. The lowest BCUT2D eigenvalue weighted by Crippen LogP contribution is -2.53. The monoisotopic (exact) mass is 263 g/mol. The van der Waals surface area contributed by atoms with Gasteiger partial charge in [0, 0.05) is 38.8 Å². The van der Waals surface area contributed by atoms with Gasteiger partial charge in [0.1, 0.15) is 5.75 Å². The molecule has 1 aliphatic rings. The van der Waals surface area contributed by atoms with Crippen LogP contribution in [0.25, 0.3) is 0 Å². The van der Waals surface area contributed by atoms with E-state index in [9.17, 15) is 0 Å². The molecule has 1 aromatic carbocycles. The Morgan fingerprint density at radius 1 is 1.37 bits per heavy atom. The van der Waals surface area contributed by atoms with Gasteiger partial charge in [-0.3, -0.25) is 4.90 Å². The predicted molar refractivity (Wildman–Crippen MR) is 80.0 cm³/mol. The third kappa shape index (κ3) is 3.19. The number of hydrogen-bond donors (Lipinski definition) is 1. The van der Waals surface area contributed by atoms with Crippen molar-refractivity contribution in [3.63, 3.8) is 0 Å². The molecule has 1 unspecified atom stereocenters. The average molecular weight is 263 g/mol. The number of aryl methyl sites for hydroxylation is 1. The Morgan fingerprint density at radius 2 is 2.16 bits per heavy atom. The van der Waals surface area contributed by atoms with Gasteiger partial charge in [0.15, 0.2) is 0 Å². The fourth-order valence-corrected chi connectivity index (χ4v) is 2.76. The SMILES string of the molecule is COc1ccc(C)cc1N1CCN(CCN)C(C)C1. The fraction of sp³-hybridized carbons (Fsp3) is 0.600. The molecule has 0 bridgehead atoms. The first-order chi connectivity index (χ1) is 9.15. The maximum absolute atomic E-state index is 5.66. The lowest BCUT2D eigenvalue weighted by molar-refractivity contribution is 0.194. The Bertz CT molecular complexity index is 422. The van der Waals surface area contributed by atoms with Crippen LogP contribution >= 0.6 is 0 Å². The van der Waals surface area contributed by atoms with Crippen LogP contribution in [-0.4, -0.2) is 50.8 Å². The zero-order chi connectivity index (χ0) is 13.8. The molecule has 106 valence electrons. The third-order valence-electron chi connectivity index (χ3n) is 3.86. The number of nitrogens with zero attached hydrogens (tertiary/aromatic N) is 2. The second kappa shape index (κ2) is 6.26. The van der Waals surface area contributed by atoms with Gasteiger partial charge in [0.25, 0.3) is 0 Å². The van der Waals surface area contributed by atoms with Crippen LogP contribution in [0.4, 0.5) is 5.69 Å². The molecular weight excluding hydrogens is 238 g/mol. The summed E-state index contributed by atoms with van der Waals surface area (Å²) < 4.78 is 5.49. The van der Waals surface area contributed by atoms with Gasteiger partial charge in [-0.15, -0.1) is 0 Å². The van der Waals surface area contributed by atoms with Crippen LogP contribution in [0.5, 0.6) is 5.75 Å². The Hall–Kier alpha value is -1.26. The number of ether oxygens (including phenoxy) is 1. The quantitative estimate of drug-likeness (QED) is 0.893. The number of nitrogens with two attached hydrogens (primary N) is 1. The van der Waals surface area contributed by atoms with Gasteiger partial charge in [-0.2, -0.15) is 0 Å². The smallest absolute Gasteiger partial charge is 0.142 e. The minimum atomic E-state index is 0.530. The molecule has 1 saturated heterocycles. The van der Waals surface area contributed by atoms with E-state index in [1.807, 2.05) is 0 Å². The highest BCUT2D eigenvalue weighted by molar-refractivity contribution is 5.60. The van der Waals surface area contributed by atoms with Gasteiger partial charge in [-0.25, -0.2) is 0 Å². The Labute approximate surface area is 116 Å². The van der Waals surface area contributed by atoms with E-state index in [2.05, 4.69) is 41.8 Å². The average Bonchev–Trinajstić information content (AvgIpc) is 2.41. The molecule has 4 nitrogen and oxygen atoms in total. The zero-order valence-corrected chi connectivity index (χ0v) is 12.2. The highest BCUT2D eigenvalue weighted by Gasteiger charge is 2.24. The van der Waals surface area contributed by atoms with Gasteiger partial charge in [-0.05, 0) is 31.5 Å². The first kappa shape index (κ1) is 14.2. The summed E-state index contributed by atoms with van der Waals surface area (Å²) in [4.78, 5) is 4.88. The summed E-state index contributed by atoms with van der Waals surface area (Å²) in [5.74, 6) is 0.963. The molecule has 19 heavy (non-hydrogen) atoms. The summed E-state index contributed by atoms with van der Waals surface area (Å²) in [6, 6.07) is 6.89. The van der Waals surface area contributed by atoms with Gasteiger partial charge in [0.2, 0.25) is 0 Å². The lowest BCUT2D eigenvalue weighted by Gasteiger charge is -2.41. The van der Waals surface area contributed by atoms with Crippen LogP contribution in [0, 0.1) is 6.92 Å². The van der Waals surface area contributed by atoms with Crippen molar-refractivity contribution in [1.29, 1.82) is 0 Å². The van der Waals surface area contributed by atoms with Crippen molar-refractivity contribution in [2.75, 3.05) is 44.7 Å². The van der Waals surface area contributed by atoms with Crippen molar-refractivity contribution in [2.45, 2.75) is 19.9 Å². The van der Waals surface area contributed by atoms with Gasteiger partial charge in [0.05, 0.1) is 12.8 Å². The number of piperazine rings is 1. The van der Waals surface area contributed by atoms with E-state index in [-0.39, 0.29) is 0 Å². The maximum Gasteiger partial charge on any atom is 0.142 e. The van der Waals surface area contributed by atoms with Crippen molar-refractivity contribution < 1.29 is 4.74 Å². The number of hydrogen-bond acceptors (Lipinski definition) is 4. The molecule has 4 heteroatoms. The maximum atomic E-state index is 5.66. The molecule has 0 spiro atoms. The van der Waals surface area contributed by atoms with Crippen molar-refractivity contribution in [1.82, 2.24) is 4.90 Å². The number of benzene rings is 1. The highest BCUT2D eigenvalue weighted by atomic mass is 16.5. The Kier molecular flexibility index (Phi) is 4.66. The van der Waals surface area contributed by atoms with E-state index in [1.165, 1.54) is 11.3 Å². The molecule has 0 aliphatic carbocycles. The van der Waals surface area contributed by atoms with Crippen molar-refractivity contribution >= 4 is 5.69 Å². The molecule has 0 radical (unpaired) electrons. The van der Waals surface area contributed by atoms with Crippen LogP contribution in [-0.2, 0) is 0 Å². The van der Waals surface area contributed by atoms with Gasteiger partial charge >= 0.3 is 0 Å². The van der Waals surface area contributed by atoms with Gasteiger partial charge in [-0.1, -0.05) is 6.07 Å². The van der Waals surface area contributed by atoms with Crippen LogP contribution in [0.2, 0.25) is 0 Å². The van der Waals surface area contributed by atoms with Crippen molar-refractivity contribution in [2.24, 2.45) is 5.73 Å². The molecule has 1 aliphatic heterocycles. The number of anilines is 1. The van der Waals surface area contributed by atoms with E-state index in [1.54, 1.807) is 7.11 Å². The van der Waals surface area contributed by atoms with E-state index in [4.69, 9.17) is 10.5 Å². The minimum absolute atomic E-state index is 0.530. The molecular formula is C15H25N3O. The standard InChI is InChI=1S/C15H25N3O/c1-12-4-5-15(19-3)14(10-12)18-9-8-17(7-6-16)13(2)11-18/h4-5,10,13H,6-9,11,16H2,1-3H3.